The number of rotatable bonds is 6. The molecule has 3 fully saturated rings. The highest BCUT2D eigenvalue weighted by atomic mass is 16.5. The third-order valence-electron chi connectivity index (χ3n) is 5.32. The quantitative estimate of drug-likeness (QED) is 0.807. The second-order valence-electron chi connectivity index (χ2n) is 7.38. The number of hydrogen-bond donors (Lipinski definition) is 0. The highest BCUT2D eigenvalue weighted by molar-refractivity contribution is 5.33. The zero-order valence-electron chi connectivity index (χ0n) is 14.0. The van der Waals surface area contributed by atoms with Gasteiger partial charge in [0.1, 0.15) is 5.75 Å². The average Bonchev–Trinajstić information content (AvgIpc) is 3.37. The van der Waals surface area contributed by atoms with Gasteiger partial charge < -0.3 is 14.2 Å². The van der Waals surface area contributed by atoms with Crippen molar-refractivity contribution in [2.45, 2.75) is 43.9 Å². The Morgan fingerprint density at radius 2 is 2.04 bits per heavy atom. The lowest BCUT2D eigenvalue weighted by Gasteiger charge is -2.53. The maximum absolute atomic E-state index is 6.13. The molecular weight excluding hydrogens is 290 g/mol. The van der Waals surface area contributed by atoms with E-state index in [-0.39, 0.29) is 5.60 Å². The van der Waals surface area contributed by atoms with Gasteiger partial charge in [0.25, 0.3) is 0 Å². The van der Waals surface area contributed by atoms with Crippen molar-refractivity contribution in [2.75, 3.05) is 33.4 Å². The van der Waals surface area contributed by atoms with Crippen molar-refractivity contribution in [1.82, 2.24) is 4.90 Å². The molecule has 0 aromatic heterocycles. The van der Waals surface area contributed by atoms with Gasteiger partial charge in [-0.3, -0.25) is 4.90 Å². The van der Waals surface area contributed by atoms with Crippen molar-refractivity contribution < 1.29 is 14.2 Å². The van der Waals surface area contributed by atoms with E-state index in [0.29, 0.717) is 6.10 Å². The summed E-state index contributed by atoms with van der Waals surface area (Å²) in [5.74, 6) is 1.82. The van der Waals surface area contributed by atoms with Crippen LogP contribution in [0.4, 0.5) is 0 Å². The average molecular weight is 317 g/mol. The molecule has 2 aliphatic heterocycles. The molecule has 2 saturated heterocycles. The molecular formula is C19H27NO3. The van der Waals surface area contributed by atoms with Crippen LogP contribution in [0.15, 0.2) is 24.3 Å². The minimum atomic E-state index is 0.0362. The highest BCUT2D eigenvalue weighted by Crippen LogP contribution is 2.38. The number of para-hydroxylation sites is 1. The summed E-state index contributed by atoms with van der Waals surface area (Å²) in [7, 11) is 1.74. The van der Waals surface area contributed by atoms with Gasteiger partial charge in [-0.1, -0.05) is 18.2 Å². The molecule has 0 unspecified atom stereocenters. The van der Waals surface area contributed by atoms with Crippen molar-refractivity contribution >= 4 is 0 Å². The van der Waals surface area contributed by atoms with Gasteiger partial charge in [0, 0.05) is 44.8 Å². The third kappa shape index (κ3) is 3.54. The van der Waals surface area contributed by atoms with Crippen LogP contribution in [0.5, 0.6) is 5.75 Å². The molecule has 0 N–H and O–H groups in total. The Bertz CT molecular complexity index is 537. The van der Waals surface area contributed by atoms with E-state index in [1.54, 1.807) is 7.11 Å². The van der Waals surface area contributed by atoms with Gasteiger partial charge in [0.2, 0.25) is 0 Å². The summed E-state index contributed by atoms with van der Waals surface area (Å²) in [6.45, 7) is 4.76. The van der Waals surface area contributed by atoms with Gasteiger partial charge in [-0.25, -0.2) is 0 Å². The third-order valence-corrected chi connectivity index (χ3v) is 5.32. The molecule has 1 atom stereocenters. The summed E-state index contributed by atoms with van der Waals surface area (Å²) >= 11 is 0. The normalized spacial score (nSPS) is 26.9. The zero-order valence-corrected chi connectivity index (χ0v) is 14.0. The Morgan fingerprint density at radius 3 is 2.83 bits per heavy atom. The minimum absolute atomic E-state index is 0.0362. The van der Waals surface area contributed by atoms with E-state index in [1.807, 2.05) is 12.1 Å². The lowest BCUT2D eigenvalue weighted by atomic mass is 9.84. The molecule has 1 aliphatic carbocycles. The van der Waals surface area contributed by atoms with Crippen LogP contribution in [0.3, 0.4) is 0 Å². The van der Waals surface area contributed by atoms with E-state index in [2.05, 4.69) is 17.0 Å². The number of methoxy groups -OCH3 is 1. The summed E-state index contributed by atoms with van der Waals surface area (Å²) in [6.07, 6.45) is 5.24. The van der Waals surface area contributed by atoms with Crippen molar-refractivity contribution in [3.8, 4) is 5.75 Å². The number of ether oxygens (including phenoxy) is 3. The number of likely N-dealkylation sites (tertiary alicyclic amines) is 1. The molecule has 1 saturated carbocycles. The van der Waals surface area contributed by atoms with Crippen LogP contribution < -0.4 is 4.74 Å². The van der Waals surface area contributed by atoms with Gasteiger partial charge in [0.05, 0.1) is 18.8 Å². The Labute approximate surface area is 138 Å². The van der Waals surface area contributed by atoms with Gasteiger partial charge in [0.15, 0.2) is 0 Å². The molecule has 2 heterocycles. The summed E-state index contributed by atoms with van der Waals surface area (Å²) in [4.78, 5) is 2.45. The standard InChI is InChI=1S/C19H27NO3/c1-21-18-5-3-2-4-16(18)11-20-13-19(14-20)10-17(8-9-23-19)22-12-15-6-7-15/h2-5,15,17H,6-14H2,1H3/t17-/m1/s1. The van der Waals surface area contributed by atoms with E-state index < -0.39 is 0 Å². The fourth-order valence-electron chi connectivity index (χ4n) is 3.86. The largest absolute Gasteiger partial charge is 0.496 e. The fraction of sp³-hybridized carbons (Fsp3) is 0.684. The van der Waals surface area contributed by atoms with E-state index in [9.17, 15) is 0 Å². The van der Waals surface area contributed by atoms with Crippen LogP contribution in [0.25, 0.3) is 0 Å². The predicted octanol–water partition coefficient (Wildman–Crippen LogP) is 2.86. The molecule has 1 aromatic rings. The molecule has 0 amide bonds. The molecule has 0 bridgehead atoms. The van der Waals surface area contributed by atoms with Crippen molar-refractivity contribution in [3.63, 3.8) is 0 Å². The number of benzene rings is 1. The van der Waals surface area contributed by atoms with Gasteiger partial charge >= 0.3 is 0 Å². The minimum Gasteiger partial charge on any atom is -0.496 e. The topological polar surface area (TPSA) is 30.9 Å². The van der Waals surface area contributed by atoms with E-state index in [0.717, 1.165) is 57.4 Å². The molecule has 126 valence electrons. The van der Waals surface area contributed by atoms with Crippen LogP contribution in [0, 0.1) is 5.92 Å². The summed E-state index contributed by atoms with van der Waals surface area (Å²) in [5, 5.41) is 0. The van der Waals surface area contributed by atoms with Crippen LogP contribution >= 0.6 is 0 Å². The van der Waals surface area contributed by atoms with Crippen LogP contribution in [0.1, 0.15) is 31.2 Å². The molecule has 4 heteroatoms. The van der Waals surface area contributed by atoms with Crippen LogP contribution in [0.2, 0.25) is 0 Å². The maximum atomic E-state index is 6.13. The van der Waals surface area contributed by atoms with Gasteiger partial charge in [-0.05, 0) is 31.2 Å². The first-order valence-electron chi connectivity index (χ1n) is 8.86. The molecule has 4 nitrogen and oxygen atoms in total. The van der Waals surface area contributed by atoms with Gasteiger partial charge in [-0.15, -0.1) is 0 Å². The van der Waals surface area contributed by atoms with Crippen molar-refractivity contribution in [3.05, 3.63) is 29.8 Å². The molecule has 3 aliphatic rings. The molecule has 0 radical (unpaired) electrons. The Kier molecular flexibility index (Phi) is 4.31. The van der Waals surface area contributed by atoms with Gasteiger partial charge in [-0.2, -0.15) is 0 Å². The number of nitrogens with zero attached hydrogens (tertiary/aromatic N) is 1. The van der Waals surface area contributed by atoms with Crippen LogP contribution in [-0.4, -0.2) is 50.0 Å². The SMILES string of the molecule is COc1ccccc1CN1CC2(C[C@H](OCC3CC3)CCO2)C1. The second kappa shape index (κ2) is 6.42. The van der Waals surface area contributed by atoms with E-state index >= 15 is 0 Å². The van der Waals surface area contributed by atoms with Crippen molar-refractivity contribution in [1.29, 1.82) is 0 Å². The molecule has 23 heavy (non-hydrogen) atoms. The lowest BCUT2D eigenvalue weighted by molar-refractivity contribution is -0.199. The Morgan fingerprint density at radius 1 is 1.22 bits per heavy atom. The fourth-order valence-corrected chi connectivity index (χ4v) is 3.86. The Hall–Kier alpha value is -1.10. The van der Waals surface area contributed by atoms with Crippen molar-refractivity contribution in [2.24, 2.45) is 5.92 Å². The predicted molar refractivity (Wildman–Crippen MR) is 88.7 cm³/mol. The summed E-state index contributed by atoms with van der Waals surface area (Å²) in [5.41, 5.74) is 1.29. The van der Waals surface area contributed by atoms with Crippen LogP contribution in [-0.2, 0) is 16.0 Å². The monoisotopic (exact) mass is 317 g/mol. The number of hydrogen-bond acceptors (Lipinski definition) is 4. The highest BCUT2D eigenvalue weighted by Gasteiger charge is 2.47. The van der Waals surface area contributed by atoms with E-state index in [4.69, 9.17) is 14.2 Å². The second-order valence-corrected chi connectivity index (χ2v) is 7.38. The first-order valence-corrected chi connectivity index (χ1v) is 8.86. The molecule has 1 spiro atoms. The first-order chi connectivity index (χ1) is 11.3. The maximum Gasteiger partial charge on any atom is 0.123 e. The smallest absolute Gasteiger partial charge is 0.123 e. The Balaban J connectivity index is 1.29. The lowest BCUT2D eigenvalue weighted by Crippen LogP contribution is -2.65. The first kappa shape index (κ1) is 15.4. The molecule has 1 aromatic carbocycles. The summed E-state index contributed by atoms with van der Waals surface area (Å²) in [6, 6.07) is 8.27. The molecule has 4 rings (SSSR count). The summed E-state index contributed by atoms with van der Waals surface area (Å²) < 4.78 is 17.7. The van der Waals surface area contributed by atoms with E-state index in [1.165, 1.54) is 18.4 Å². The zero-order chi connectivity index (χ0) is 15.7.